The van der Waals surface area contributed by atoms with E-state index in [0.717, 1.165) is 25.9 Å². The topological polar surface area (TPSA) is 38.8 Å². The van der Waals surface area contributed by atoms with Gasteiger partial charge in [0.2, 0.25) is 0 Å². The fourth-order valence-electron chi connectivity index (χ4n) is 3.43. The number of rotatable bonds is 3. The Morgan fingerprint density at radius 3 is 2.57 bits per heavy atom. The molecule has 2 amide bonds. The molecule has 2 aliphatic heterocycles. The van der Waals surface area contributed by atoms with Gasteiger partial charge in [-0.05, 0) is 39.3 Å². The first-order chi connectivity index (χ1) is 10.7. The highest BCUT2D eigenvalue weighted by molar-refractivity contribution is 5.74. The lowest BCUT2D eigenvalue weighted by Crippen LogP contribution is -2.57. The van der Waals surface area contributed by atoms with Gasteiger partial charge in [0, 0.05) is 38.8 Å². The van der Waals surface area contributed by atoms with E-state index in [9.17, 15) is 18.0 Å². The molecule has 1 N–H and O–H groups in total. The fraction of sp³-hybridized carbons (Fsp3) is 0.933. The maximum absolute atomic E-state index is 12.5. The number of alkyl halides is 3. The van der Waals surface area contributed by atoms with Gasteiger partial charge in [0.1, 0.15) is 0 Å². The molecule has 5 nitrogen and oxygen atoms in total. The first-order valence-electron chi connectivity index (χ1n) is 8.26. The van der Waals surface area contributed by atoms with Crippen molar-refractivity contribution in [3.8, 4) is 0 Å². The molecule has 0 bridgehead atoms. The minimum Gasteiger partial charge on any atom is -0.338 e. The van der Waals surface area contributed by atoms with Crippen molar-refractivity contribution in [2.75, 3.05) is 52.9 Å². The van der Waals surface area contributed by atoms with Gasteiger partial charge in [-0.25, -0.2) is 4.79 Å². The van der Waals surface area contributed by atoms with Gasteiger partial charge < -0.3 is 15.1 Å². The highest BCUT2D eigenvalue weighted by Crippen LogP contribution is 2.20. The maximum atomic E-state index is 12.5. The van der Waals surface area contributed by atoms with Crippen molar-refractivity contribution in [1.82, 2.24) is 20.0 Å². The van der Waals surface area contributed by atoms with Crippen LogP contribution in [0.4, 0.5) is 18.0 Å². The Morgan fingerprint density at radius 1 is 1.22 bits per heavy atom. The van der Waals surface area contributed by atoms with Crippen LogP contribution in [-0.4, -0.2) is 85.8 Å². The molecule has 0 saturated carbocycles. The number of carbonyl (C=O) groups is 1. The predicted octanol–water partition coefficient (Wildman–Crippen LogP) is 1.61. The first-order valence-corrected chi connectivity index (χ1v) is 8.26. The zero-order valence-corrected chi connectivity index (χ0v) is 13.9. The number of hydrogen-bond donors (Lipinski definition) is 1. The largest absolute Gasteiger partial charge is 0.401 e. The van der Waals surface area contributed by atoms with E-state index in [2.05, 4.69) is 17.3 Å². The monoisotopic (exact) mass is 336 g/mol. The molecule has 134 valence electrons. The van der Waals surface area contributed by atoms with Crippen LogP contribution in [0.5, 0.6) is 0 Å². The maximum Gasteiger partial charge on any atom is 0.401 e. The first kappa shape index (κ1) is 18.3. The zero-order chi connectivity index (χ0) is 17.0. The van der Waals surface area contributed by atoms with E-state index in [-0.39, 0.29) is 18.6 Å². The van der Waals surface area contributed by atoms with Gasteiger partial charge >= 0.3 is 12.2 Å². The molecule has 0 aromatic carbocycles. The highest BCUT2D eigenvalue weighted by atomic mass is 19.4. The van der Waals surface area contributed by atoms with Crippen molar-refractivity contribution in [2.45, 2.75) is 32.0 Å². The lowest BCUT2D eigenvalue weighted by Gasteiger charge is -2.40. The Hall–Kier alpha value is -1.02. The van der Waals surface area contributed by atoms with E-state index < -0.39 is 12.7 Å². The molecule has 0 aliphatic carbocycles. The summed E-state index contributed by atoms with van der Waals surface area (Å²) in [5, 5.41) is 2.95. The minimum atomic E-state index is -4.19. The molecule has 2 atom stereocenters. The van der Waals surface area contributed by atoms with E-state index in [1.807, 2.05) is 0 Å². The van der Waals surface area contributed by atoms with Crippen LogP contribution in [0.1, 0.15) is 19.8 Å². The van der Waals surface area contributed by atoms with Crippen LogP contribution in [0.25, 0.3) is 0 Å². The van der Waals surface area contributed by atoms with Gasteiger partial charge in [-0.3, -0.25) is 4.90 Å². The summed E-state index contributed by atoms with van der Waals surface area (Å²) < 4.78 is 37.5. The van der Waals surface area contributed by atoms with Crippen molar-refractivity contribution in [3.63, 3.8) is 0 Å². The second kappa shape index (κ2) is 7.70. The molecule has 2 rings (SSSR count). The second-order valence-corrected chi connectivity index (χ2v) is 6.84. The van der Waals surface area contributed by atoms with Crippen molar-refractivity contribution in [1.29, 1.82) is 0 Å². The van der Waals surface area contributed by atoms with Crippen LogP contribution in [-0.2, 0) is 0 Å². The average molecular weight is 336 g/mol. The molecule has 2 fully saturated rings. The highest BCUT2D eigenvalue weighted by Gasteiger charge is 2.36. The van der Waals surface area contributed by atoms with Gasteiger partial charge in [-0.1, -0.05) is 0 Å². The molecular weight excluding hydrogens is 309 g/mol. The lowest BCUT2D eigenvalue weighted by molar-refractivity contribution is -0.153. The van der Waals surface area contributed by atoms with Crippen LogP contribution >= 0.6 is 0 Å². The number of likely N-dealkylation sites (tertiary alicyclic amines) is 1. The standard InChI is InChI=1S/C15H27F3N4O/c1-12-9-21(6-7-22(12)11-15(16,17)18)14(23)19-8-13-4-3-5-20(2)10-13/h12-13H,3-11H2,1-2H3,(H,19,23). The average Bonchev–Trinajstić information content (AvgIpc) is 2.45. The Labute approximate surface area is 135 Å². The molecule has 2 saturated heterocycles. The van der Waals surface area contributed by atoms with Crippen LogP contribution in [0.3, 0.4) is 0 Å². The van der Waals surface area contributed by atoms with Crippen molar-refractivity contribution < 1.29 is 18.0 Å². The molecule has 23 heavy (non-hydrogen) atoms. The van der Waals surface area contributed by atoms with E-state index >= 15 is 0 Å². The summed E-state index contributed by atoms with van der Waals surface area (Å²) in [6.07, 6.45) is -1.93. The van der Waals surface area contributed by atoms with Gasteiger partial charge in [0.15, 0.2) is 0 Å². The van der Waals surface area contributed by atoms with Crippen molar-refractivity contribution >= 4 is 6.03 Å². The third-order valence-corrected chi connectivity index (χ3v) is 4.70. The summed E-state index contributed by atoms with van der Waals surface area (Å²) in [6, 6.07) is -0.436. The van der Waals surface area contributed by atoms with E-state index in [1.165, 1.54) is 4.90 Å². The normalized spacial score (nSPS) is 28.0. The number of halogens is 3. The Morgan fingerprint density at radius 2 is 1.96 bits per heavy atom. The molecule has 0 spiro atoms. The van der Waals surface area contributed by atoms with Gasteiger partial charge in [-0.2, -0.15) is 13.2 Å². The summed E-state index contributed by atoms with van der Waals surface area (Å²) in [5.41, 5.74) is 0. The van der Waals surface area contributed by atoms with Crippen molar-refractivity contribution in [2.24, 2.45) is 5.92 Å². The summed E-state index contributed by atoms with van der Waals surface area (Å²) in [5.74, 6) is 0.460. The number of nitrogens with zero attached hydrogens (tertiary/aromatic N) is 3. The molecule has 8 heteroatoms. The van der Waals surface area contributed by atoms with Gasteiger partial charge in [-0.15, -0.1) is 0 Å². The van der Waals surface area contributed by atoms with Gasteiger partial charge in [0.05, 0.1) is 6.54 Å². The Bertz CT molecular complexity index is 405. The number of piperidine rings is 1. The quantitative estimate of drug-likeness (QED) is 0.851. The van der Waals surface area contributed by atoms with Crippen molar-refractivity contribution in [3.05, 3.63) is 0 Å². The van der Waals surface area contributed by atoms with E-state index in [0.29, 0.717) is 25.6 Å². The molecule has 2 aliphatic rings. The number of amides is 2. The number of urea groups is 1. The molecule has 0 aromatic rings. The second-order valence-electron chi connectivity index (χ2n) is 6.84. The number of nitrogens with one attached hydrogen (secondary N) is 1. The SMILES string of the molecule is CC1CN(C(=O)NCC2CCCN(C)C2)CCN1CC(F)(F)F. The lowest BCUT2D eigenvalue weighted by atomic mass is 9.98. The predicted molar refractivity (Wildman–Crippen MR) is 82.3 cm³/mol. The summed E-state index contributed by atoms with van der Waals surface area (Å²) >= 11 is 0. The molecule has 2 unspecified atom stereocenters. The summed E-state index contributed by atoms with van der Waals surface area (Å²) in [7, 11) is 2.08. The van der Waals surface area contributed by atoms with E-state index in [4.69, 9.17) is 0 Å². The minimum absolute atomic E-state index is 0.156. The van der Waals surface area contributed by atoms with Gasteiger partial charge in [0.25, 0.3) is 0 Å². The zero-order valence-electron chi connectivity index (χ0n) is 13.9. The third-order valence-electron chi connectivity index (χ3n) is 4.70. The molecule has 0 aromatic heterocycles. The fourth-order valence-corrected chi connectivity index (χ4v) is 3.43. The van der Waals surface area contributed by atoms with E-state index in [1.54, 1.807) is 11.8 Å². The number of piperazine rings is 1. The Balaban J connectivity index is 1.74. The van der Waals surface area contributed by atoms with Crippen LogP contribution in [0, 0.1) is 5.92 Å². The summed E-state index contributed by atoms with van der Waals surface area (Å²) in [4.78, 5) is 17.5. The molecule has 0 radical (unpaired) electrons. The Kier molecular flexibility index (Phi) is 6.13. The molecule has 2 heterocycles. The molecular formula is C15H27F3N4O. The number of carbonyl (C=O) groups excluding carboxylic acids is 1. The van der Waals surface area contributed by atoms with Crippen LogP contribution in [0.2, 0.25) is 0 Å². The van der Waals surface area contributed by atoms with Crippen LogP contribution in [0.15, 0.2) is 0 Å². The number of hydrogen-bond acceptors (Lipinski definition) is 3. The summed E-state index contributed by atoms with van der Waals surface area (Å²) in [6.45, 7) is 4.50. The van der Waals surface area contributed by atoms with Crippen LogP contribution < -0.4 is 5.32 Å². The smallest absolute Gasteiger partial charge is 0.338 e. The third kappa shape index (κ3) is 5.84.